The maximum Gasteiger partial charge on any atom is 0.227 e. The van der Waals surface area contributed by atoms with Gasteiger partial charge in [-0.1, -0.05) is 170 Å². The topological polar surface area (TPSA) is 29.3 Å². The molecule has 11 aromatic rings. The molecule has 1 heterocycles. The minimum absolute atomic E-state index is 0.620. The van der Waals surface area contributed by atoms with Crippen molar-refractivity contribution in [3.05, 3.63) is 218 Å². The Balaban J connectivity index is 1.09. The van der Waals surface area contributed by atoms with Crippen molar-refractivity contribution in [2.24, 2.45) is 0 Å². The third-order valence-electron chi connectivity index (χ3n) is 11.3. The lowest BCUT2D eigenvalue weighted by atomic mass is 9.92. The predicted molar refractivity (Wildman–Crippen MR) is 243 cm³/mol. The highest BCUT2D eigenvalue weighted by atomic mass is 16.3. The van der Waals surface area contributed by atoms with E-state index in [0.717, 1.165) is 71.8 Å². The highest BCUT2D eigenvalue weighted by molar-refractivity contribution is 6.16. The number of hydrogen-bond donors (Lipinski definition) is 0. The molecule has 11 rings (SSSR count). The summed E-state index contributed by atoms with van der Waals surface area (Å²) in [4.78, 5) is 7.51. The van der Waals surface area contributed by atoms with Crippen LogP contribution in [0.25, 0.3) is 88.3 Å². The van der Waals surface area contributed by atoms with E-state index in [0.29, 0.717) is 5.89 Å². The van der Waals surface area contributed by atoms with E-state index in [-0.39, 0.29) is 0 Å². The van der Waals surface area contributed by atoms with Crippen LogP contribution in [0.3, 0.4) is 0 Å². The van der Waals surface area contributed by atoms with Gasteiger partial charge in [-0.2, -0.15) is 0 Å². The number of oxazole rings is 1. The van der Waals surface area contributed by atoms with E-state index in [1.165, 1.54) is 27.6 Å². The van der Waals surface area contributed by atoms with E-state index in [9.17, 15) is 0 Å². The van der Waals surface area contributed by atoms with E-state index >= 15 is 0 Å². The molecule has 0 N–H and O–H groups in total. The van der Waals surface area contributed by atoms with Crippen molar-refractivity contribution in [2.75, 3.05) is 4.90 Å². The summed E-state index contributed by atoms with van der Waals surface area (Å²) in [6.07, 6.45) is 0. The Labute approximate surface area is 336 Å². The molecule has 58 heavy (non-hydrogen) atoms. The number of aromatic nitrogens is 1. The second-order valence-corrected chi connectivity index (χ2v) is 14.7. The zero-order valence-electron chi connectivity index (χ0n) is 31.6. The standard InChI is InChI=1S/C55H36N2O/c1-3-14-37(15-4-1)40-28-30-44(31-29-40)57(45-21-13-20-42(35-45)38-16-5-2-6-17-38)53-33-32-48(46-22-9-11-24-49(46)53)51-36-52-54(50-25-12-10-23-47(50)51)58-55(56-52)43-27-26-39-18-7-8-19-41(39)34-43/h1-36H. The SMILES string of the molecule is c1ccc(-c2ccc(N(c3cccc(-c4ccccc4)c3)c3ccc(-c4cc5nc(-c6ccc7ccccc7c6)oc5c5ccccc45)c4ccccc34)cc2)cc1. The van der Waals surface area contributed by atoms with E-state index in [4.69, 9.17) is 9.40 Å². The number of rotatable bonds is 7. The van der Waals surface area contributed by atoms with Gasteiger partial charge in [-0.25, -0.2) is 4.98 Å². The van der Waals surface area contributed by atoms with Crippen molar-refractivity contribution in [3.63, 3.8) is 0 Å². The normalized spacial score (nSPS) is 11.4. The van der Waals surface area contributed by atoms with Crippen LogP contribution in [0.15, 0.2) is 223 Å². The van der Waals surface area contributed by atoms with Crippen LogP contribution in [-0.2, 0) is 0 Å². The average Bonchev–Trinajstić information content (AvgIpc) is 3.75. The quantitative estimate of drug-likeness (QED) is 0.163. The van der Waals surface area contributed by atoms with Crippen molar-refractivity contribution in [1.29, 1.82) is 0 Å². The monoisotopic (exact) mass is 740 g/mol. The minimum Gasteiger partial charge on any atom is -0.435 e. The fourth-order valence-electron chi connectivity index (χ4n) is 8.45. The van der Waals surface area contributed by atoms with Crippen molar-refractivity contribution in [2.45, 2.75) is 0 Å². The molecule has 0 saturated heterocycles. The largest absolute Gasteiger partial charge is 0.435 e. The van der Waals surface area contributed by atoms with Crippen molar-refractivity contribution >= 4 is 60.5 Å². The second kappa shape index (κ2) is 14.1. The number of nitrogens with zero attached hydrogens (tertiary/aromatic N) is 2. The number of anilines is 3. The van der Waals surface area contributed by atoms with Gasteiger partial charge in [0.05, 0.1) is 5.69 Å². The fraction of sp³-hybridized carbons (Fsp3) is 0. The first kappa shape index (κ1) is 33.6. The fourth-order valence-corrected chi connectivity index (χ4v) is 8.45. The molecule has 0 atom stereocenters. The van der Waals surface area contributed by atoms with Gasteiger partial charge >= 0.3 is 0 Å². The lowest BCUT2D eigenvalue weighted by Crippen LogP contribution is -2.10. The Kier molecular flexibility index (Phi) is 8.15. The van der Waals surface area contributed by atoms with Gasteiger partial charge < -0.3 is 9.32 Å². The Bertz CT molecular complexity index is 3280. The molecular formula is C55H36N2O. The summed E-state index contributed by atoms with van der Waals surface area (Å²) >= 11 is 0. The van der Waals surface area contributed by atoms with Gasteiger partial charge in [0.25, 0.3) is 0 Å². The zero-order chi connectivity index (χ0) is 38.4. The maximum atomic E-state index is 6.60. The Hall–Kier alpha value is -7.75. The van der Waals surface area contributed by atoms with Crippen molar-refractivity contribution in [3.8, 4) is 44.8 Å². The van der Waals surface area contributed by atoms with E-state index in [1.54, 1.807) is 0 Å². The van der Waals surface area contributed by atoms with Crippen molar-refractivity contribution < 1.29 is 4.42 Å². The van der Waals surface area contributed by atoms with Crippen LogP contribution < -0.4 is 4.90 Å². The summed E-state index contributed by atoms with van der Waals surface area (Å²) < 4.78 is 6.60. The molecule has 0 aliphatic rings. The Morgan fingerprint density at radius 1 is 0.345 bits per heavy atom. The van der Waals surface area contributed by atoms with Crippen LogP contribution in [0.5, 0.6) is 0 Å². The minimum atomic E-state index is 0.620. The van der Waals surface area contributed by atoms with E-state index in [2.05, 4.69) is 223 Å². The summed E-state index contributed by atoms with van der Waals surface area (Å²) in [5.74, 6) is 0.620. The number of benzene rings is 10. The molecule has 0 saturated carbocycles. The predicted octanol–water partition coefficient (Wildman–Crippen LogP) is 15.4. The molecule has 3 nitrogen and oxygen atoms in total. The molecule has 0 spiro atoms. The van der Waals surface area contributed by atoms with Crippen molar-refractivity contribution in [1.82, 2.24) is 4.98 Å². The smallest absolute Gasteiger partial charge is 0.227 e. The first-order chi connectivity index (χ1) is 28.7. The molecule has 272 valence electrons. The van der Waals surface area contributed by atoms with Gasteiger partial charge in [-0.15, -0.1) is 0 Å². The molecule has 0 aliphatic carbocycles. The summed E-state index contributed by atoms with van der Waals surface area (Å²) in [5, 5.41) is 6.83. The maximum absolute atomic E-state index is 6.60. The van der Waals surface area contributed by atoms with Crippen LogP contribution in [0, 0.1) is 0 Å². The first-order valence-corrected chi connectivity index (χ1v) is 19.7. The summed E-state index contributed by atoms with van der Waals surface area (Å²) in [7, 11) is 0. The summed E-state index contributed by atoms with van der Waals surface area (Å²) in [6.45, 7) is 0. The van der Waals surface area contributed by atoms with Gasteiger partial charge in [0.1, 0.15) is 5.52 Å². The Morgan fingerprint density at radius 3 is 1.69 bits per heavy atom. The molecule has 0 radical (unpaired) electrons. The number of hydrogen-bond acceptors (Lipinski definition) is 3. The lowest BCUT2D eigenvalue weighted by Gasteiger charge is -2.28. The van der Waals surface area contributed by atoms with E-state index < -0.39 is 0 Å². The van der Waals surface area contributed by atoms with Gasteiger partial charge in [0.2, 0.25) is 5.89 Å². The second-order valence-electron chi connectivity index (χ2n) is 14.7. The van der Waals surface area contributed by atoms with Crippen LogP contribution >= 0.6 is 0 Å². The number of fused-ring (bicyclic) bond motifs is 5. The molecule has 0 amide bonds. The Morgan fingerprint density at radius 2 is 0.931 bits per heavy atom. The highest BCUT2D eigenvalue weighted by Gasteiger charge is 2.21. The van der Waals surface area contributed by atoms with Crippen LogP contribution in [-0.4, -0.2) is 4.98 Å². The summed E-state index contributed by atoms with van der Waals surface area (Å²) in [6, 6.07) is 77.8. The zero-order valence-corrected chi connectivity index (χ0v) is 31.6. The van der Waals surface area contributed by atoms with E-state index in [1.807, 2.05) is 0 Å². The third-order valence-corrected chi connectivity index (χ3v) is 11.3. The van der Waals surface area contributed by atoms with Gasteiger partial charge in [0, 0.05) is 27.7 Å². The molecule has 1 aromatic heterocycles. The van der Waals surface area contributed by atoms with Crippen LogP contribution in [0.1, 0.15) is 0 Å². The average molecular weight is 741 g/mol. The highest BCUT2D eigenvalue weighted by Crippen LogP contribution is 2.45. The molecule has 3 heteroatoms. The summed E-state index contributed by atoms with van der Waals surface area (Å²) in [5.41, 5.74) is 12.9. The van der Waals surface area contributed by atoms with Crippen LogP contribution in [0.2, 0.25) is 0 Å². The molecule has 10 aromatic carbocycles. The lowest BCUT2D eigenvalue weighted by molar-refractivity contribution is 0.623. The van der Waals surface area contributed by atoms with Crippen LogP contribution in [0.4, 0.5) is 17.1 Å². The van der Waals surface area contributed by atoms with Gasteiger partial charge in [-0.05, 0) is 103 Å². The molecule has 0 unspecified atom stereocenters. The molecule has 0 aliphatic heterocycles. The van der Waals surface area contributed by atoms with Gasteiger partial charge in [-0.3, -0.25) is 0 Å². The van der Waals surface area contributed by atoms with Gasteiger partial charge in [0.15, 0.2) is 5.58 Å². The first-order valence-electron chi connectivity index (χ1n) is 19.7. The molecule has 0 fully saturated rings. The third kappa shape index (κ3) is 5.89. The molecule has 0 bridgehead atoms. The molecular weight excluding hydrogens is 705 g/mol.